The topological polar surface area (TPSA) is 83.1 Å². The van der Waals surface area contributed by atoms with Gasteiger partial charge in [-0.1, -0.05) is 18.6 Å². The van der Waals surface area contributed by atoms with Gasteiger partial charge in [-0.05, 0) is 49.5 Å². The largest absolute Gasteiger partial charge is 0.287 e. The molecule has 1 aromatic carbocycles. The van der Waals surface area contributed by atoms with Crippen molar-refractivity contribution < 1.29 is 17.4 Å². The second kappa shape index (κ2) is 6.86. The number of aromatic nitrogens is 2. The maximum atomic E-state index is 13.4. The van der Waals surface area contributed by atoms with Crippen molar-refractivity contribution in [1.82, 2.24) is 10.2 Å². The highest BCUT2D eigenvalue weighted by Gasteiger charge is 2.23. The van der Waals surface area contributed by atoms with Gasteiger partial charge >= 0.3 is 0 Å². The molecule has 128 valence electrons. The van der Waals surface area contributed by atoms with Crippen LogP contribution in [0.4, 0.5) is 4.39 Å². The Kier molecular flexibility index (Phi) is 4.82. The zero-order valence-corrected chi connectivity index (χ0v) is 13.9. The minimum absolute atomic E-state index is 0.185. The van der Waals surface area contributed by atoms with Crippen LogP contribution in [0.15, 0.2) is 29.7 Å². The molecule has 1 atom stereocenters. The molecule has 1 aliphatic carbocycles. The number of hydrogen-bond donors (Lipinski definition) is 2. The van der Waals surface area contributed by atoms with E-state index >= 15 is 0 Å². The third kappa shape index (κ3) is 4.10. The van der Waals surface area contributed by atoms with Gasteiger partial charge in [0.1, 0.15) is 5.82 Å². The van der Waals surface area contributed by atoms with Gasteiger partial charge in [0.15, 0.2) is 0 Å². The summed E-state index contributed by atoms with van der Waals surface area (Å²) in [4.78, 5) is 0. The van der Waals surface area contributed by atoms with Crippen molar-refractivity contribution in [2.75, 3.05) is 0 Å². The summed E-state index contributed by atoms with van der Waals surface area (Å²) >= 11 is 0. The molecule has 0 spiro atoms. The SMILES string of the molecule is O=S(=O)(O)/C=C/c1n[nH]c2c1CCCC[C@@H]2Cc1cccc(F)c1. The van der Waals surface area contributed by atoms with Crippen LogP contribution in [0.3, 0.4) is 0 Å². The first-order valence-electron chi connectivity index (χ1n) is 7.89. The molecule has 1 aliphatic rings. The van der Waals surface area contributed by atoms with Gasteiger partial charge in [-0.2, -0.15) is 13.5 Å². The third-order valence-corrected chi connectivity index (χ3v) is 4.82. The maximum Gasteiger partial charge on any atom is 0.287 e. The number of nitrogens with zero attached hydrogens (tertiary/aromatic N) is 1. The molecule has 0 saturated carbocycles. The maximum absolute atomic E-state index is 13.4. The highest BCUT2D eigenvalue weighted by molar-refractivity contribution is 7.88. The highest BCUT2D eigenvalue weighted by atomic mass is 32.2. The van der Waals surface area contributed by atoms with E-state index in [0.29, 0.717) is 12.1 Å². The minimum atomic E-state index is -4.18. The molecule has 2 N–H and O–H groups in total. The molecule has 0 radical (unpaired) electrons. The number of benzene rings is 1. The van der Waals surface area contributed by atoms with Crippen molar-refractivity contribution in [2.45, 2.75) is 38.0 Å². The average molecular weight is 350 g/mol. The lowest BCUT2D eigenvalue weighted by Crippen LogP contribution is -2.04. The highest BCUT2D eigenvalue weighted by Crippen LogP contribution is 2.33. The molecule has 0 fully saturated rings. The van der Waals surface area contributed by atoms with E-state index in [1.165, 1.54) is 12.1 Å². The van der Waals surface area contributed by atoms with E-state index in [4.69, 9.17) is 4.55 Å². The zero-order chi connectivity index (χ0) is 17.2. The van der Waals surface area contributed by atoms with Gasteiger partial charge < -0.3 is 0 Å². The Bertz CT molecular complexity index is 858. The fourth-order valence-electron chi connectivity index (χ4n) is 3.27. The number of fused-ring (bicyclic) bond motifs is 1. The first-order valence-corrected chi connectivity index (χ1v) is 9.40. The van der Waals surface area contributed by atoms with Crippen molar-refractivity contribution in [3.05, 3.63) is 58.0 Å². The quantitative estimate of drug-likeness (QED) is 0.653. The Morgan fingerprint density at radius 2 is 2.21 bits per heavy atom. The Labute approximate surface area is 140 Å². The van der Waals surface area contributed by atoms with Crippen molar-refractivity contribution in [2.24, 2.45) is 0 Å². The summed E-state index contributed by atoms with van der Waals surface area (Å²) < 4.78 is 44.1. The van der Waals surface area contributed by atoms with Crippen LogP contribution in [-0.4, -0.2) is 23.2 Å². The molecular formula is C17H19FN2O3S. The summed E-state index contributed by atoms with van der Waals surface area (Å²) in [7, 11) is -4.18. The van der Waals surface area contributed by atoms with Gasteiger partial charge in [-0.25, -0.2) is 4.39 Å². The molecule has 7 heteroatoms. The summed E-state index contributed by atoms with van der Waals surface area (Å²) in [5.74, 6) is -0.0626. The monoisotopic (exact) mass is 350 g/mol. The van der Waals surface area contributed by atoms with Crippen LogP contribution in [-0.2, 0) is 23.0 Å². The summed E-state index contributed by atoms with van der Waals surface area (Å²) in [6.45, 7) is 0. The van der Waals surface area contributed by atoms with E-state index in [-0.39, 0.29) is 11.7 Å². The van der Waals surface area contributed by atoms with Gasteiger partial charge in [0.2, 0.25) is 0 Å². The lowest BCUT2D eigenvalue weighted by Gasteiger charge is -2.14. The lowest BCUT2D eigenvalue weighted by atomic mass is 9.91. The van der Waals surface area contributed by atoms with Crippen molar-refractivity contribution in [1.29, 1.82) is 0 Å². The van der Waals surface area contributed by atoms with E-state index in [2.05, 4.69) is 10.2 Å². The second-order valence-corrected chi connectivity index (χ2v) is 7.40. The van der Waals surface area contributed by atoms with Crippen LogP contribution in [0.25, 0.3) is 6.08 Å². The second-order valence-electron chi connectivity index (χ2n) is 6.10. The molecule has 0 aliphatic heterocycles. The number of rotatable bonds is 4. The number of halogens is 1. The Balaban J connectivity index is 1.90. The third-order valence-electron chi connectivity index (χ3n) is 4.34. The molecule has 3 rings (SSSR count). The normalized spacial score (nSPS) is 18.5. The van der Waals surface area contributed by atoms with Gasteiger partial charge in [-0.3, -0.25) is 9.65 Å². The van der Waals surface area contributed by atoms with E-state index in [1.54, 1.807) is 12.1 Å². The molecule has 0 saturated heterocycles. The Morgan fingerprint density at radius 3 is 2.96 bits per heavy atom. The van der Waals surface area contributed by atoms with Crippen LogP contribution in [0.1, 0.15) is 47.7 Å². The molecule has 24 heavy (non-hydrogen) atoms. The van der Waals surface area contributed by atoms with Gasteiger partial charge in [0.05, 0.1) is 11.1 Å². The molecule has 1 aromatic heterocycles. The zero-order valence-electron chi connectivity index (χ0n) is 13.1. The van der Waals surface area contributed by atoms with Crippen LogP contribution < -0.4 is 0 Å². The fraction of sp³-hybridized carbons (Fsp3) is 0.353. The first kappa shape index (κ1) is 16.9. The van der Waals surface area contributed by atoms with Crippen molar-refractivity contribution in [3.63, 3.8) is 0 Å². The van der Waals surface area contributed by atoms with E-state index < -0.39 is 10.1 Å². The van der Waals surface area contributed by atoms with Crippen molar-refractivity contribution in [3.8, 4) is 0 Å². The summed E-state index contributed by atoms with van der Waals surface area (Å²) in [6, 6.07) is 6.58. The summed E-state index contributed by atoms with van der Waals surface area (Å²) in [5, 5.41) is 7.95. The average Bonchev–Trinajstić information content (AvgIpc) is 2.80. The van der Waals surface area contributed by atoms with Crippen molar-refractivity contribution >= 4 is 16.2 Å². The number of hydrogen-bond acceptors (Lipinski definition) is 3. The summed E-state index contributed by atoms with van der Waals surface area (Å²) in [6.07, 6.45) is 5.82. The lowest BCUT2D eigenvalue weighted by molar-refractivity contribution is 0.494. The van der Waals surface area contributed by atoms with E-state index in [1.807, 2.05) is 6.07 Å². The molecule has 5 nitrogen and oxygen atoms in total. The van der Waals surface area contributed by atoms with E-state index in [9.17, 15) is 12.8 Å². The molecule has 0 bridgehead atoms. The van der Waals surface area contributed by atoms with Gasteiger partial charge in [-0.15, -0.1) is 0 Å². The molecule has 1 heterocycles. The smallest absolute Gasteiger partial charge is 0.282 e. The predicted octanol–water partition coefficient (Wildman–Crippen LogP) is 3.46. The van der Waals surface area contributed by atoms with Crippen LogP contribution in [0, 0.1) is 5.82 Å². The molecule has 0 amide bonds. The predicted molar refractivity (Wildman–Crippen MR) is 89.6 cm³/mol. The number of nitrogens with one attached hydrogen (secondary N) is 1. The minimum Gasteiger partial charge on any atom is -0.282 e. The van der Waals surface area contributed by atoms with Gasteiger partial charge in [0.25, 0.3) is 10.1 Å². The standard InChI is InChI=1S/C17H19FN2O3S/c18-14-6-3-4-12(11-14)10-13-5-1-2-7-15-16(19-20-17(13)15)8-9-24(21,22)23/h3-4,6,8-9,11,13H,1-2,5,7,10H2,(H,19,20)(H,21,22,23)/b9-8+/t13-/m1/s1. The Morgan fingerprint density at radius 1 is 1.38 bits per heavy atom. The van der Waals surface area contributed by atoms with Crippen LogP contribution in [0.2, 0.25) is 0 Å². The van der Waals surface area contributed by atoms with Gasteiger partial charge in [0, 0.05) is 17.2 Å². The molecule has 0 unspecified atom stereocenters. The van der Waals surface area contributed by atoms with E-state index in [0.717, 1.165) is 47.9 Å². The van der Waals surface area contributed by atoms with Crippen LogP contribution in [0.5, 0.6) is 0 Å². The molecular weight excluding hydrogens is 331 g/mol. The first-order chi connectivity index (χ1) is 11.4. The molecule has 2 aromatic rings. The fourth-order valence-corrected chi connectivity index (χ4v) is 3.57. The summed E-state index contributed by atoms with van der Waals surface area (Å²) in [5.41, 5.74) is 3.42. The Hall–Kier alpha value is -1.99. The number of aromatic amines is 1. The van der Waals surface area contributed by atoms with Crippen LogP contribution >= 0.6 is 0 Å². The number of H-pyrrole nitrogens is 1.